The van der Waals surface area contributed by atoms with E-state index in [1.54, 1.807) is 28.6 Å². The number of nitrogens with zero attached hydrogens (tertiary/aromatic N) is 2. The van der Waals surface area contributed by atoms with Gasteiger partial charge in [0.05, 0.1) is 16.8 Å². The smallest absolute Gasteiger partial charge is 0.260 e. The number of aliphatic hydroxyl groups is 1. The number of aromatic amines is 1. The number of benzene rings is 1. The van der Waals surface area contributed by atoms with Crippen LogP contribution < -0.4 is 5.32 Å². The van der Waals surface area contributed by atoms with E-state index in [-0.39, 0.29) is 17.2 Å². The van der Waals surface area contributed by atoms with Crippen molar-refractivity contribution in [2.45, 2.75) is 18.4 Å². The van der Waals surface area contributed by atoms with Crippen LogP contribution in [0.15, 0.2) is 41.9 Å². The summed E-state index contributed by atoms with van der Waals surface area (Å²) in [5.74, 6) is -0.995. The first-order valence-corrected chi connectivity index (χ1v) is 10.5. The summed E-state index contributed by atoms with van der Waals surface area (Å²) in [6, 6.07) is 7.59. The highest BCUT2D eigenvalue weighted by atomic mass is 35.5. The molecule has 156 valence electrons. The molecule has 1 fully saturated rings. The molecule has 1 aromatic carbocycles. The number of phenolic OH excluding ortho intramolecular Hbond substituents is 1. The van der Waals surface area contributed by atoms with Crippen molar-refractivity contribution in [2.75, 3.05) is 18.4 Å². The van der Waals surface area contributed by atoms with Gasteiger partial charge >= 0.3 is 0 Å². The number of H-pyrrole nitrogens is 1. The van der Waals surface area contributed by atoms with Crippen molar-refractivity contribution in [1.82, 2.24) is 15.1 Å². The Morgan fingerprint density at radius 2 is 1.97 bits per heavy atom. The third-order valence-electron chi connectivity index (χ3n) is 5.21. The predicted molar refractivity (Wildman–Crippen MR) is 113 cm³/mol. The standard InChI is InChI=1S/C20H19ClN4O4S/c21-12-1-2-13(15(26)11-12)17(27)23-18-14(4-10-30-18)19(28)25-8-5-20(29,6-9-25)16-3-7-22-24-16/h1-4,7,10-11,26,29H,5-6,8-9H2,(H,22,24)(H,23,27). The van der Waals surface area contributed by atoms with Gasteiger partial charge in [-0.25, -0.2) is 0 Å². The molecule has 1 saturated heterocycles. The minimum absolute atomic E-state index is 0.0637. The number of piperidine rings is 1. The Kier molecular flexibility index (Phi) is 5.50. The molecule has 0 atom stereocenters. The zero-order chi connectivity index (χ0) is 21.3. The Morgan fingerprint density at radius 3 is 2.63 bits per heavy atom. The van der Waals surface area contributed by atoms with Gasteiger partial charge in [-0.05, 0) is 48.6 Å². The maximum Gasteiger partial charge on any atom is 0.260 e. The second-order valence-electron chi connectivity index (χ2n) is 7.07. The molecule has 0 spiro atoms. The fourth-order valence-corrected chi connectivity index (χ4v) is 4.42. The molecule has 0 radical (unpaired) electrons. The van der Waals surface area contributed by atoms with E-state index in [0.717, 1.165) is 0 Å². The second-order valence-corrected chi connectivity index (χ2v) is 8.43. The molecule has 0 saturated carbocycles. The first-order chi connectivity index (χ1) is 14.4. The molecule has 10 heteroatoms. The predicted octanol–water partition coefficient (Wildman–Crippen LogP) is 3.21. The Hall–Kier alpha value is -2.88. The number of halogens is 1. The normalized spacial score (nSPS) is 15.7. The van der Waals surface area contributed by atoms with Crippen LogP contribution in [-0.4, -0.2) is 50.2 Å². The van der Waals surface area contributed by atoms with Crippen LogP contribution in [0.3, 0.4) is 0 Å². The number of aromatic nitrogens is 2. The Labute approximate surface area is 181 Å². The summed E-state index contributed by atoms with van der Waals surface area (Å²) in [6.45, 7) is 0.741. The van der Waals surface area contributed by atoms with Gasteiger partial charge in [0, 0.05) is 24.3 Å². The van der Waals surface area contributed by atoms with E-state index in [1.807, 2.05) is 0 Å². The number of nitrogens with one attached hydrogen (secondary N) is 2. The molecule has 30 heavy (non-hydrogen) atoms. The summed E-state index contributed by atoms with van der Waals surface area (Å²) in [5.41, 5.74) is 0.0360. The number of likely N-dealkylation sites (tertiary alicyclic amines) is 1. The second kappa shape index (κ2) is 8.10. The summed E-state index contributed by atoms with van der Waals surface area (Å²) >= 11 is 7.03. The Bertz CT molecular complexity index is 1070. The quantitative estimate of drug-likeness (QED) is 0.490. The third kappa shape index (κ3) is 3.91. The van der Waals surface area contributed by atoms with Gasteiger partial charge in [0.15, 0.2) is 0 Å². The highest BCUT2D eigenvalue weighted by molar-refractivity contribution is 7.14. The molecule has 1 aliphatic heterocycles. The van der Waals surface area contributed by atoms with Gasteiger partial charge in [0.1, 0.15) is 16.4 Å². The van der Waals surface area contributed by atoms with Gasteiger partial charge in [-0.1, -0.05) is 11.6 Å². The highest BCUT2D eigenvalue weighted by Gasteiger charge is 2.37. The van der Waals surface area contributed by atoms with Crippen LogP contribution >= 0.6 is 22.9 Å². The molecule has 2 aromatic heterocycles. The molecule has 3 heterocycles. The van der Waals surface area contributed by atoms with Crippen LogP contribution in [0, 0.1) is 0 Å². The van der Waals surface area contributed by atoms with Crippen LogP contribution in [-0.2, 0) is 5.60 Å². The van der Waals surface area contributed by atoms with Crippen LogP contribution in [0.1, 0.15) is 39.3 Å². The molecule has 4 N–H and O–H groups in total. The lowest BCUT2D eigenvalue weighted by Gasteiger charge is -2.37. The zero-order valence-electron chi connectivity index (χ0n) is 15.8. The van der Waals surface area contributed by atoms with Gasteiger partial charge in [0.25, 0.3) is 11.8 Å². The molecule has 0 bridgehead atoms. The van der Waals surface area contributed by atoms with E-state index in [9.17, 15) is 19.8 Å². The van der Waals surface area contributed by atoms with E-state index in [1.165, 1.54) is 29.5 Å². The van der Waals surface area contributed by atoms with Crippen molar-refractivity contribution < 1.29 is 19.8 Å². The number of carbonyl (C=O) groups is 2. The molecule has 1 aliphatic rings. The number of phenols is 1. The number of thiophene rings is 1. The number of aromatic hydroxyl groups is 1. The first-order valence-electron chi connectivity index (χ1n) is 9.26. The monoisotopic (exact) mass is 446 g/mol. The number of amides is 2. The van der Waals surface area contributed by atoms with Gasteiger partial charge in [0.2, 0.25) is 0 Å². The lowest BCUT2D eigenvalue weighted by atomic mass is 9.88. The van der Waals surface area contributed by atoms with Crippen molar-refractivity contribution in [1.29, 1.82) is 0 Å². The average molecular weight is 447 g/mol. The van der Waals surface area contributed by atoms with Crippen LogP contribution in [0.5, 0.6) is 5.75 Å². The van der Waals surface area contributed by atoms with E-state index in [0.29, 0.717) is 47.2 Å². The molecule has 3 aromatic rings. The number of hydrogen-bond acceptors (Lipinski definition) is 6. The van der Waals surface area contributed by atoms with Crippen molar-refractivity contribution in [3.8, 4) is 5.75 Å². The maximum absolute atomic E-state index is 13.0. The first kappa shape index (κ1) is 20.4. The summed E-state index contributed by atoms with van der Waals surface area (Å²) < 4.78 is 0. The van der Waals surface area contributed by atoms with Crippen molar-refractivity contribution >= 4 is 39.8 Å². The molecule has 0 unspecified atom stereocenters. The van der Waals surface area contributed by atoms with Crippen LogP contribution in [0.25, 0.3) is 0 Å². The average Bonchev–Trinajstić information content (AvgIpc) is 3.40. The number of anilines is 1. The van der Waals surface area contributed by atoms with Gasteiger partial charge < -0.3 is 20.4 Å². The Balaban J connectivity index is 1.45. The SMILES string of the molecule is O=C(Nc1sccc1C(=O)N1CCC(O)(c2ccn[nH]2)CC1)c1ccc(Cl)cc1O. The largest absolute Gasteiger partial charge is 0.507 e. The zero-order valence-corrected chi connectivity index (χ0v) is 17.3. The van der Waals surface area contributed by atoms with Gasteiger partial charge in [-0.3, -0.25) is 14.7 Å². The topological polar surface area (TPSA) is 119 Å². The maximum atomic E-state index is 13.0. The lowest BCUT2D eigenvalue weighted by Crippen LogP contribution is -2.45. The highest BCUT2D eigenvalue weighted by Crippen LogP contribution is 2.33. The van der Waals surface area contributed by atoms with E-state index < -0.39 is 11.5 Å². The molecule has 4 rings (SSSR count). The molecule has 2 amide bonds. The molecular weight excluding hydrogens is 428 g/mol. The van der Waals surface area contributed by atoms with Crippen LogP contribution in [0.4, 0.5) is 5.00 Å². The van der Waals surface area contributed by atoms with Crippen molar-refractivity contribution in [3.05, 3.63) is 63.8 Å². The Morgan fingerprint density at radius 1 is 1.20 bits per heavy atom. The fourth-order valence-electron chi connectivity index (χ4n) is 3.48. The molecule has 8 nitrogen and oxygen atoms in total. The summed E-state index contributed by atoms with van der Waals surface area (Å²) in [6.07, 6.45) is 2.35. The van der Waals surface area contributed by atoms with Crippen molar-refractivity contribution in [3.63, 3.8) is 0 Å². The number of rotatable bonds is 4. The lowest BCUT2D eigenvalue weighted by molar-refractivity contribution is -0.0244. The minimum atomic E-state index is -1.04. The number of carbonyl (C=O) groups excluding carboxylic acids is 2. The van der Waals surface area contributed by atoms with E-state index >= 15 is 0 Å². The summed E-state index contributed by atoms with van der Waals surface area (Å²) in [5, 5.41) is 32.6. The summed E-state index contributed by atoms with van der Waals surface area (Å²) in [7, 11) is 0. The van der Waals surface area contributed by atoms with E-state index in [4.69, 9.17) is 11.6 Å². The van der Waals surface area contributed by atoms with Gasteiger partial charge in [-0.2, -0.15) is 5.10 Å². The molecular formula is C20H19ClN4O4S. The third-order valence-corrected chi connectivity index (χ3v) is 6.27. The number of hydrogen-bond donors (Lipinski definition) is 4. The molecule has 0 aliphatic carbocycles. The van der Waals surface area contributed by atoms with Crippen molar-refractivity contribution in [2.24, 2.45) is 0 Å². The van der Waals surface area contributed by atoms with Gasteiger partial charge in [-0.15, -0.1) is 11.3 Å². The fraction of sp³-hybridized carbons (Fsp3) is 0.250. The van der Waals surface area contributed by atoms with E-state index in [2.05, 4.69) is 15.5 Å². The summed E-state index contributed by atoms with van der Waals surface area (Å²) in [4.78, 5) is 27.2. The minimum Gasteiger partial charge on any atom is -0.507 e. The van der Waals surface area contributed by atoms with Crippen LogP contribution in [0.2, 0.25) is 5.02 Å².